The molecule has 0 aromatic rings. The van der Waals surface area contributed by atoms with E-state index < -0.39 is 0 Å². The Labute approximate surface area is 105 Å². The molecule has 4 heteroatoms. The van der Waals surface area contributed by atoms with Crippen LogP contribution in [0.5, 0.6) is 0 Å². The Morgan fingerprint density at radius 3 is 2.53 bits per heavy atom. The van der Waals surface area contributed by atoms with Gasteiger partial charge in [-0.25, -0.2) is 0 Å². The lowest BCUT2D eigenvalue weighted by molar-refractivity contribution is -0.135. The Hall–Kier alpha value is -0.610. The van der Waals surface area contributed by atoms with Gasteiger partial charge in [-0.15, -0.1) is 0 Å². The minimum Gasteiger partial charge on any atom is -0.343 e. The van der Waals surface area contributed by atoms with Crippen molar-refractivity contribution in [3.63, 3.8) is 0 Å². The second-order valence-corrected chi connectivity index (χ2v) is 5.21. The van der Waals surface area contributed by atoms with Crippen LogP contribution < -0.4 is 5.32 Å². The molecule has 1 heterocycles. The Balaban J connectivity index is 2.40. The molecule has 1 amide bonds. The highest BCUT2D eigenvalue weighted by Gasteiger charge is 2.31. The third kappa shape index (κ3) is 4.28. The molecule has 17 heavy (non-hydrogen) atoms. The molecule has 2 atom stereocenters. The number of hydrogen-bond donors (Lipinski definition) is 1. The molecule has 100 valence electrons. The van der Waals surface area contributed by atoms with Gasteiger partial charge in [-0.2, -0.15) is 0 Å². The Morgan fingerprint density at radius 1 is 1.35 bits per heavy atom. The molecule has 0 radical (unpaired) electrons. The van der Waals surface area contributed by atoms with E-state index in [4.69, 9.17) is 0 Å². The standard InChI is InChI=1S/C13H27N3O/c1-5-16(10-6-9-15(3)4)13(17)12-7-8-14-11(12)2/h11-12,14H,5-10H2,1-4H3. The van der Waals surface area contributed by atoms with Gasteiger partial charge in [0.1, 0.15) is 0 Å². The lowest BCUT2D eigenvalue weighted by atomic mass is 10.0. The molecule has 1 rings (SSSR count). The SMILES string of the molecule is CCN(CCCN(C)C)C(=O)C1CCNC1C. The van der Waals surface area contributed by atoms with Crippen molar-refractivity contribution in [2.75, 3.05) is 40.3 Å². The largest absolute Gasteiger partial charge is 0.343 e. The van der Waals surface area contributed by atoms with Crippen molar-refractivity contribution in [2.45, 2.75) is 32.7 Å². The van der Waals surface area contributed by atoms with Crippen molar-refractivity contribution in [3.05, 3.63) is 0 Å². The van der Waals surface area contributed by atoms with Crippen LogP contribution in [0.4, 0.5) is 0 Å². The predicted molar refractivity (Wildman–Crippen MR) is 71.0 cm³/mol. The number of rotatable bonds is 6. The zero-order valence-corrected chi connectivity index (χ0v) is 11.7. The fourth-order valence-corrected chi connectivity index (χ4v) is 2.43. The maximum atomic E-state index is 12.3. The van der Waals surface area contributed by atoms with Gasteiger partial charge < -0.3 is 15.1 Å². The van der Waals surface area contributed by atoms with Gasteiger partial charge in [0.05, 0.1) is 5.92 Å². The van der Waals surface area contributed by atoms with Crippen LogP contribution in [0, 0.1) is 5.92 Å². The van der Waals surface area contributed by atoms with E-state index in [0.717, 1.165) is 39.0 Å². The van der Waals surface area contributed by atoms with Crippen molar-refractivity contribution >= 4 is 5.91 Å². The summed E-state index contributed by atoms with van der Waals surface area (Å²) in [5.74, 6) is 0.526. The first-order valence-corrected chi connectivity index (χ1v) is 6.73. The maximum absolute atomic E-state index is 12.3. The molecule has 1 N–H and O–H groups in total. The van der Waals surface area contributed by atoms with Gasteiger partial charge in [0, 0.05) is 19.1 Å². The Kier molecular flexibility index (Phi) is 5.92. The first-order valence-electron chi connectivity index (χ1n) is 6.73. The lowest BCUT2D eigenvalue weighted by Crippen LogP contribution is -2.41. The molecule has 0 saturated carbocycles. The van der Waals surface area contributed by atoms with Gasteiger partial charge in [-0.3, -0.25) is 4.79 Å². The minimum absolute atomic E-state index is 0.189. The average Bonchev–Trinajstić information content (AvgIpc) is 2.69. The number of hydrogen-bond acceptors (Lipinski definition) is 3. The van der Waals surface area contributed by atoms with Gasteiger partial charge in [0.2, 0.25) is 5.91 Å². The highest BCUT2D eigenvalue weighted by molar-refractivity contribution is 5.79. The highest BCUT2D eigenvalue weighted by Crippen LogP contribution is 2.18. The van der Waals surface area contributed by atoms with Crippen molar-refractivity contribution < 1.29 is 4.79 Å². The van der Waals surface area contributed by atoms with E-state index in [0.29, 0.717) is 11.9 Å². The van der Waals surface area contributed by atoms with Crippen LogP contribution in [0.2, 0.25) is 0 Å². The van der Waals surface area contributed by atoms with E-state index in [1.807, 2.05) is 4.90 Å². The third-order valence-electron chi connectivity index (χ3n) is 3.57. The predicted octanol–water partition coefficient (Wildman–Crippen LogP) is 0.785. The van der Waals surface area contributed by atoms with Crippen LogP contribution in [0.15, 0.2) is 0 Å². The van der Waals surface area contributed by atoms with Crippen LogP contribution >= 0.6 is 0 Å². The van der Waals surface area contributed by atoms with Crippen molar-refractivity contribution in [1.29, 1.82) is 0 Å². The zero-order chi connectivity index (χ0) is 12.8. The summed E-state index contributed by atoms with van der Waals surface area (Å²) in [6.07, 6.45) is 2.05. The summed E-state index contributed by atoms with van der Waals surface area (Å²) in [5, 5.41) is 3.35. The van der Waals surface area contributed by atoms with E-state index in [1.165, 1.54) is 0 Å². The molecular weight excluding hydrogens is 214 g/mol. The van der Waals surface area contributed by atoms with E-state index in [-0.39, 0.29) is 5.92 Å². The highest BCUT2D eigenvalue weighted by atomic mass is 16.2. The number of nitrogens with one attached hydrogen (secondary N) is 1. The molecule has 0 aliphatic carbocycles. The van der Waals surface area contributed by atoms with Gasteiger partial charge in [-0.1, -0.05) is 0 Å². The summed E-state index contributed by atoms with van der Waals surface area (Å²) in [5.41, 5.74) is 0. The first kappa shape index (κ1) is 14.5. The maximum Gasteiger partial charge on any atom is 0.227 e. The number of carbonyl (C=O) groups is 1. The van der Waals surface area contributed by atoms with Gasteiger partial charge in [0.25, 0.3) is 0 Å². The smallest absolute Gasteiger partial charge is 0.227 e. The van der Waals surface area contributed by atoms with Crippen LogP contribution in [0.25, 0.3) is 0 Å². The molecule has 0 spiro atoms. The van der Waals surface area contributed by atoms with Crippen molar-refractivity contribution in [3.8, 4) is 0 Å². The second kappa shape index (κ2) is 6.97. The van der Waals surface area contributed by atoms with Gasteiger partial charge in [0.15, 0.2) is 0 Å². The van der Waals surface area contributed by atoms with E-state index >= 15 is 0 Å². The second-order valence-electron chi connectivity index (χ2n) is 5.21. The Bertz CT molecular complexity index is 243. The molecule has 1 fully saturated rings. The number of nitrogens with zero attached hydrogens (tertiary/aromatic N) is 2. The summed E-state index contributed by atoms with van der Waals surface area (Å²) in [4.78, 5) is 16.5. The molecule has 4 nitrogen and oxygen atoms in total. The molecule has 0 bridgehead atoms. The molecular formula is C13H27N3O. The molecule has 0 aromatic carbocycles. The average molecular weight is 241 g/mol. The van der Waals surface area contributed by atoms with E-state index in [2.05, 4.69) is 38.2 Å². The molecule has 1 aliphatic rings. The number of carbonyl (C=O) groups excluding carboxylic acids is 1. The Morgan fingerprint density at radius 2 is 2.06 bits per heavy atom. The minimum atomic E-state index is 0.189. The normalized spacial score (nSPS) is 24.3. The quantitative estimate of drug-likeness (QED) is 0.746. The molecule has 1 aliphatic heterocycles. The fourth-order valence-electron chi connectivity index (χ4n) is 2.43. The molecule has 0 aromatic heterocycles. The van der Waals surface area contributed by atoms with Crippen molar-refractivity contribution in [1.82, 2.24) is 15.1 Å². The van der Waals surface area contributed by atoms with Gasteiger partial charge >= 0.3 is 0 Å². The number of amides is 1. The summed E-state index contributed by atoms with van der Waals surface area (Å²) in [6, 6.07) is 0.338. The fraction of sp³-hybridized carbons (Fsp3) is 0.923. The third-order valence-corrected chi connectivity index (χ3v) is 3.57. The summed E-state index contributed by atoms with van der Waals surface area (Å²) in [6.45, 7) is 7.92. The zero-order valence-electron chi connectivity index (χ0n) is 11.7. The van der Waals surface area contributed by atoms with Crippen LogP contribution in [0.3, 0.4) is 0 Å². The first-order chi connectivity index (χ1) is 8.06. The lowest BCUT2D eigenvalue weighted by Gasteiger charge is -2.26. The summed E-state index contributed by atoms with van der Waals surface area (Å²) >= 11 is 0. The van der Waals surface area contributed by atoms with Crippen LogP contribution in [0.1, 0.15) is 26.7 Å². The van der Waals surface area contributed by atoms with Gasteiger partial charge in [-0.05, 0) is 53.9 Å². The van der Waals surface area contributed by atoms with Crippen LogP contribution in [-0.4, -0.2) is 62.0 Å². The monoisotopic (exact) mass is 241 g/mol. The summed E-state index contributed by atoms with van der Waals surface area (Å²) in [7, 11) is 4.14. The van der Waals surface area contributed by atoms with E-state index in [1.54, 1.807) is 0 Å². The topological polar surface area (TPSA) is 35.6 Å². The van der Waals surface area contributed by atoms with E-state index in [9.17, 15) is 4.79 Å². The molecule has 2 unspecified atom stereocenters. The van der Waals surface area contributed by atoms with Crippen molar-refractivity contribution in [2.24, 2.45) is 5.92 Å². The summed E-state index contributed by atoms with van der Waals surface area (Å²) < 4.78 is 0. The molecule has 1 saturated heterocycles. The van der Waals surface area contributed by atoms with Crippen LogP contribution in [-0.2, 0) is 4.79 Å².